The third-order valence-corrected chi connectivity index (χ3v) is 4.51. The topological polar surface area (TPSA) is 41.6 Å². The lowest BCUT2D eigenvalue weighted by atomic mass is 10.1. The average molecular weight is 339 g/mol. The summed E-state index contributed by atoms with van der Waals surface area (Å²) in [5.41, 5.74) is 1.13. The van der Waals surface area contributed by atoms with Crippen molar-refractivity contribution in [2.45, 2.75) is 25.0 Å². The second-order valence-corrected chi connectivity index (χ2v) is 6.26. The molecular weight excluding hydrogens is 320 g/mol. The molecule has 2 aliphatic rings. The van der Waals surface area contributed by atoms with E-state index in [4.69, 9.17) is 4.74 Å². The maximum atomic E-state index is 12.4. The molecule has 2 aliphatic heterocycles. The van der Waals surface area contributed by atoms with Gasteiger partial charge in [-0.3, -0.25) is 4.79 Å². The number of nitrogens with zero attached hydrogens (tertiary/aromatic N) is 1. The Balaban J connectivity index is 1.66. The highest BCUT2D eigenvalue weighted by molar-refractivity contribution is 9.10. The van der Waals surface area contributed by atoms with Gasteiger partial charge in [0.15, 0.2) is 0 Å². The van der Waals surface area contributed by atoms with E-state index in [1.165, 1.54) is 0 Å². The van der Waals surface area contributed by atoms with E-state index in [1.54, 1.807) is 0 Å². The van der Waals surface area contributed by atoms with Crippen molar-refractivity contribution in [3.05, 3.63) is 34.3 Å². The minimum atomic E-state index is -0.0118. The molecule has 2 fully saturated rings. The Bertz CT molecular complexity index is 471. The number of amides is 1. The van der Waals surface area contributed by atoms with Crippen molar-refractivity contribution < 1.29 is 9.53 Å². The second kappa shape index (κ2) is 6.24. The van der Waals surface area contributed by atoms with Crippen molar-refractivity contribution in [3.8, 4) is 0 Å². The van der Waals surface area contributed by atoms with Crippen LogP contribution in [0.3, 0.4) is 0 Å². The molecule has 20 heavy (non-hydrogen) atoms. The first-order chi connectivity index (χ1) is 9.74. The Hall–Kier alpha value is -0.910. The molecule has 4 nitrogen and oxygen atoms in total. The van der Waals surface area contributed by atoms with Crippen LogP contribution in [0.5, 0.6) is 0 Å². The van der Waals surface area contributed by atoms with Crippen molar-refractivity contribution in [2.24, 2.45) is 0 Å². The van der Waals surface area contributed by atoms with Crippen LogP contribution < -0.4 is 5.32 Å². The van der Waals surface area contributed by atoms with Gasteiger partial charge in [0, 0.05) is 11.0 Å². The summed E-state index contributed by atoms with van der Waals surface area (Å²) in [6.45, 7) is 2.92. The second-order valence-electron chi connectivity index (χ2n) is 5.34. The fourth-order valence-electron chi connectivity index (χ4n) is 2.84. The van der Waals surface area contributed by atoms with E-state index in [1.807, 2.05) is 17.0 Å². The van der Waals surface area contributed by atoms with Crippen LogP contribution in [0.15, 0.2) is 28.7 Å². The first-order valence-electron chi connectivity index (χ1n) is 7.13. The average Bonchev–Trinajstić information content (AvgIpc) is 3.01. The maximum Gasteiger partial charge on any atom is 0.239 e. The van der Waals surface area contributed by atoms with Gasteiger partial charge in [-0.15, -0.1) is 0 Å². The van der Waals surface area contributed by atoms with Gasteiger partial charge in [-0.2, -0.15) is 0 Å². The van der Waals surface area contributed by atoms with Crippen LogP contribution in [-0.4, -0.2) is 43.1 Å². The highest BCUT2D eigenvalue weighted by Gasteiger charge is 2.31. The first kappa shape index (κ1) is 14.0. The molecule has 2 atom stereocenters. The van der Waals surface area contributed by atoms with Gasteiger partial charge in [-0.05, 0) is 37.1 Å². The standard InChI is InChI=1S/C15H19BrN2O2/c16-12-5-3-11(4-6-12)14-10-18(8-9-20-14)15(19)13-2-1-7-17-13/h3-6,13-14,17H,1-2,7-10H2. The summed E-state index contributed by atoms with van der Waals surface area (Å²) < 4.78 is 6.87. The number of carbonyl (C=O) groups is 1. The molecule has 2 heterocycles. The molecule has 0 radical (unpaired) electrons. The Morgan fingerprint density at radius 1 is 1.35 bits per heavy atom. The summed E-state index contributed by atoms with van der Waals surface area (Å²) in [6.07, 6.45) is 2.04. The van der Waals surface area contributed by atoms with E-state index in [0.717, 1.165) is 29.4 Å². The van der Waals surface area contributed by atoms with E-state index < -0.39 is 0 Å². The normalized spacial score (nSPS) is 26.8. The Kier molecular flexibility index (Phi) is 4.38. The molecule has 1 aromatic carbocycles. The summed E-state index contributed by atoms with van der Waals surface area (Å²) in [7, 11) is 0. The molecule has 108 valence electrons. The molecule has 3 rings (SSSR count). The monoisotopic (exact) mass is 338 g/mol. The third-order valence-electron chi connectivity index (χ3n) is 3.98. The summed E-state index contributed by atoms with van der Waals surface area (Å²) in [5.74, 6) is 0.230. The molecule has 1 aromatic rings. The fraction of sp³-hybridized carbons (Fsp3) is 0.533. The number of benzene rings is 1. The van der Waals surface area contributed by atoms with E-state index in [0.29, 0.717) is 19.7 Å². The zero-order valence-corrected chi connectivity index (χ0v) is 12.9. The SMILES string of the molecule is O=C(C1CCCN1)N1CCOC(c2ccc(Br)cc2)C1. The van der Waals surface area contributed by atoms with Crippen molar-refractivity contribution in [2.75, 3.05) is 26.2 Å². The van der Waals surface area contributed by atoms with E-state index >= 15 is 0 Å². The van der Waals surface area contributed by atoms with Crippen molar-refractivity contribution >= 4 is 21.8 Å². The van der Waals surface area contributed by atoms with Crippen LogP contribution in [0.2, 0.25) is 0 Å². The Morgan fingerprint density at radius 3 is 2.85 bits per heavy atom. The zero-order valence-electron chi connectivity index (χ0n) is 11.3. The van der Waals surface area contributed by atoms with Crippen LogP contribution >= 0.6 is 15.9 Å². The van der Waals surface area contributed by atoms with Crippen molar-refractivity contribution in [1.82, 2.24) is 10.2 Å². The highest BCUT2D eigenvalue weighted by Crippen LogP contribution is 2.24. The number of nitrogens with one attached hydrogen (secondary N) is 1. The lowest BCUT2D eigenvalue weighted by molar-refractivity contribution is -0.140. The minimum Gasteiger partial charge on any atom is -0.370 e. The van der Waals surface area contributed by atoms with Crippen molar-refractivity contribution in [3.63, 3.8) is 0 Å². The maximum absolute atomic E-state index is 12.4. The molecule has 0 aromatic heterocycles. The van der Waals surface area contributed by atoms with Crippen LogP contribution in [0.4, 0.5) is 0 Å². The number of halogens is 1. The predicted molar refractivity (Wildman–Crippen MR) is 80.4 cm³/mol. The van der Waals surface area contributed by atoms with E-state index in [-0.39, 0.29) is 18.1 Å². The molecule has 5 heteroatoms. The van der Waals surface area contributed by atoms with Gasteiger partial charge in [0.25, 0.3) is 0 Å². The summed E-state index contributed by atoms with van der Waals surface area (Å²) >= 11 is 3.44. The fourth-order valence-corrected chi connectivity index (χ4v) is 3.11. The summed E-state index contributed by atoms with van der Waals surface area (Å²) in [6, 6.07) is 8.14. The summed E-state index contributed by atoms with van der Waals surface area (Å²) in [5, 5.41) is 3.28. The largest absolute Gasteiger partial charge is 0.370 e. The molecule has 1 amide bonds. The minimum absolute atomic E-state index is 0.0118. The van der Waals surface area contributed by atoms with Crippen LogP contribution in [0.1, 0.15) is 24.5 Å². The Labute approximate surface area is 127 Å². The van der Waals surface area contributed by atoms with Crippen LogP contribution in [-0.2, 0) is 9.53 Å². The van der Waals surface area contributed by atoms with Gasteiger partial charge in [-0.1, -0.05) is 28.1 Å². The van der Waals surface area contributed by atoms with E-state index in [2.05, 4.69) is 33.4 Å². The first-order valence-corrected chi connectivity index (χ1v) is 7.92. The van der Waals surface area contributed by atoms with Crippen LogP contribution in [0, 0.1) is 0 Å². The molecule has 0 bridgehead atoms. The van der Waals surface area contributed by atoms with Crippen molar-refractivity contribution in [1.29, 1.82) is 0 Å². The lowest BCUT2D eigenvalue weighted by Gasteiger charge is -2.34. The number of rotatable bonds is 2. The molecule has 0 saturated carbocycles. The Morgan fingerprint density at radius 2 is 2.15 bits per heavy atom. The molecule has 0 spiro atoms. The van der Waals surface area contributed by atoms with Gasteiger partial charge in [0.1, 0.15) is 6.10 Å². The molecule has 1 N–H and O–H groups in total. The zero-order chi connectivity index (χ0) is 13.9. The number of ether oxygens (including phenoxy) is 1. The molecule has 2 saturated heterocycles. The highest BCUT2D eigenvalue weighted by atomic mass is 79.9. The third kappa shape index (κ3) is 3.05. The van der Waals surface area contributed by atoms with Gasteiger partial charge in [-0.25, -0.2) is 0 Å². The van der Waals surface area contributed by atoms with Gasteiger partial charge in [0.05, 0.1) is 19.2 Å². The number of hydrogen-bond acceptors (Lipinski definition) is 3. The number of carbonyl (C=O) groups excluding carboxylic acids is 1. The number of morpholine rings is 1. The molecular formula is C15H19BrN2O2. The smallest absolute Gasteiger partial charge is 0.239 e. The number of hydrogen-bond donors (Lipinski definition) is 1. The lowest BCUT2D eigenvalue weighted by Crippen LogP contribution is -2.49. The molecule has 2 unspecified atom stereocenters. The van der Waals surface area contributed by atoms with Gasteiger partial charge >= 0.3 is 0 Å². The predicted octanol–water partition coefficient (Wildman–Crippen LogP) is 2.10. The van der Waals surface area contributed by atoms with E-state index in [9.17, 15) is 4.79 Å². The van der Waals surface area contributed by atoms with Gasteiger partial charge < -0.3 is 15.0 Å². The van der Waals surface area contributed by atoms with Crippen LogP contribution in [0.25, 0.3) is 0 Å². The van der Waals surface area contributed by atoms with Gasteiger partial charge in [0.2, 0.25) is 5.91 Å². The quantitative estimate of drug-likeness (QED) is 0.897. The summed E-state index contributed by atoms with van der Waals surface area (Å²) in [4.78, 5) is 14.4. The molecule has 0 aliphatic carbocycles.